The van der Waals surface area contributed by atoms with Crippen molar-refractivity contribution in [1.29, 1.82) is 0 Å². The molecular weight excluding hydrogens is 446 g/mol. The van der Waals surface area contributed by atoms with Gasteiger partial charge in [0.15, 0.2) is 6.61 Å². The number of aryl methyl sites for hydroxylation is 1. The molecule has 6 nitrogen and oxygen atoms in total. The number of rotatable bonds is 8. The molecule has 1 aliphatic heterocycles. The van der Waals surface area contributed by atoms with Crippen LogP contribution in [0.4, 0.5) is 8.78 Å². The number of pyridine rings is 1. The van der Waals surface area contributed by atoms with Crippen molar-refractivity contribution in [2.75, 3.05) is 19.7 Å². The molecule has 0 atom stereocenters. The van der Waals surface area contributed by atoms with E-state index in [9.17, 15) is 13.6 Å². The van der Waals surface area contributed by atoms with Crippen LogP contribution in [0.1, 0.15) is 65.7 Å². The summed E-state index contributed by atoms with van der Waals surface area (Å²) in [6, 6.07) is 3.82. The van der Waals surface area contributed by atoms with Gasteiger partial charge in [-0.3, -0.25) is 14.7 Å². The molecule has 0 saturated heterocycles. The van der Waals surface area contributed by atoms with Crippen LogP contribution in [0.3, 0.4) is 0 Å². The van der Waals surface area contributed by atoms with Crippen molar-refractivity contribution in [3.63, 3.8) is 0 Å². The SMILES string of the molecule is Cc1cc(C(=O)NC2CCC(CCN3CCc4sc(OCC(C)(F)F)nc4C3)CC2)ccn1. The number of carbonyl (C=O) groups is 1. The van der Waals surface area contributed by atoms with Gasteiger partial charge < -0.3 is 10.1 Å². The minimum Gasteiger partial charge on any atom is -0.464 e. The van der Waals surface area contributed by atoms with Crippen LogP contribution in [0, 0.1) is 12.8 Å². The number of halogens is 2. The van der Waals surface area contributed by atoms with Gasteiger partial charge in [-0.2, -0.15) is 0 Å². The minimum absolute atomic E-state index is 0.0117. The topological polar surface area (TPSA) is 67.4 Å². The first-order chi connectivity index (χ1) is 15.7. The van der Waals surface area contributed by atoms with Crippen LogP contribution < -0.4 is 10.1 Å². The quantitative estimate of drug-likeness (QED) is 0.600. The molecule has 1 saturated carbocycles. The smallest absolute Gasteiger partial charge is 0.278 e. The molecule has 2 aliphatic rings. The zero-order chi connectivity index (χ0) is 23.4. The van der Waals surface area contributed by atoms with Gasteiger partial charge in [0.05, 0.1) is 5.69 Å². The number of nitrogens with zero attached hydrogens (tertiary/aromatic N) is 3. The number of fused-ring (bicyclic) bond motifs is 1. The van der Waals surface area contributed by atoms with E-state index >= 15 is 0 Å². The molecule has 1 N–H and O–H groups in total. The Morgan fingerprint density at radius 3 is 2.85 bits per heavy atom. The molecule has 33 heavy (non-hydrogen) atoms. The van der Waals surface area contributed by atoms with E-state index in [1.807, 2.05) is 13.0 Å². The van der Waals surface area contributed by atoms with E-state index in [-0.39, 0.29) is 11.9 Å². The van der Waals surface area contributed by atoms with Gasteiger partial charge in [0.2, 0.25) is 0 Å². The minimum atomic E-state index is -2.85. The summed E-state index contributed by atoms with van der Waals surface area (Å²) in [4.78, 5) is 24.6. The van der Waals surface area contributed by atoms with Crippen molar-refractivity contribution in [2.24, 2.45) is 5.92 Å². The van der Waals surface area contributed by atoms with Crippen molar-refractivity contribution < 1.29 is 18.3 Å². The molecule has 0 spiro atoms. The van der Waals surface area contributed by atoms with Crippen LogP contribution in [0.5, 0.6) is 5.19 Å². The second-order valence-corrected chi connectivity index (χ2v) is 10.4. The van der Waals surface area contributed by atoms with Crippen LogP contribution in [0.25, 0.3) is 0 Å². The lowest BCUT2D eigenvalue weighted by Crippen LogP contribution is -2.38. The Hall–Kier alpha value is -2.13. The maximum atomic E-state index is 13.0. The molecule has 3 heterocycles. The zero-order valence-corrected chi connectivity index (χ0v) is 20.1. The summed E-state index contributed by atoms with van der Waals surface area (Å²) in [7, 11) is 0. The Morgan fingerprint density at radius 1 is 1.33 bits per heavy atom. The van der Waals surface area contributed by atoms with Crippen molar-refractivity contribution in [3.05, 3.63) is 40.2 Å². The molecule has 2 aromatic rings. The number of nitrogens with one attached hydrogen (secondary N) is 1. The molecular formula is C24H32F2N4O2S. The van der Waals surface area contributed by atoms with Gasteiger partial charge in [-0.1, -0.05) is 11.3 Å². The molecule has 4 rings (SSSR count). The Kier molecular flexibility index (Phi) is 7.58. The van der Waals surface area contributed by atoms with Crippen LogP contribution in [-0.2, 0) is 13.0 Å². The summed E-state index contributed by atoms with van der Waals surface area (Å²) in [6.45, 7) is 4.85. The molecule has 0 bridgehead atoms. The van der Waals surface area contributed by atoms with E-state index in [0.717, 1.165) is 81.3 Å². The van der Waals surface area contributed by atoms with Crippen LogP contribution in [-0.4, -0.2) is 52.4 Å². The second-order valence-electron chi connectivity index (χ2n) is 9.40. The summed E-state index contributed by atoms with van der Waals surface area (Å²) in [6.07, 6.45) is 7.98. The maximum absolute atomic E-state index is 13.0. The third kappa shape index (κ3) is 6.93. The van der Waals surface area contributed by atoms with Gasteiger partial charge in [0.25, 0.3) is 17.0 Å². The fourth-order valence-corrected chi connectivity index (χ4v) is 5.49. The highest BCUT2D eigenvalue weighted by Gasteiger charge is 2.27. The largest absolute Gasteiger partial charge is 0.464 e. The fraction of sp³-hybridized carbons (Fsp3) is 0.625. The Morgan fingerprint density at radius 2 is 2.12 bits per heavy atom. The normalized spacial score (nSPS) is 21.5. The average Bonchev–Trinajstić information content (AvgIpc) is 3.19. The Balaban J connectivity index is 1.18. The number of amides is 1. The van der Waals surface area contributed by atoms with E-state index in [1.165, 1.54) is 11.3 Å². The standard InChI is InChI=1S/C24H32F2N4O2S/c1-16-13-18(7-10-27-16)22(31)28-19-5-3-17(4-6-19)8-11-30-12-9-21-20(14-30)29-23(33-21)32-15-24(2,25)26/h7,10,13,17,19H,3-6,8-9,11-12,14-15H2,1-2H3,(H,28,31). The van der Waals surface area contributed by atoms with Gasteiger partial charge in [0.1, 0.15) is 0 Å². The van der Waals surface area contributed by atoms with Crippen molar-refractivity contribution >= 4 is 17.2 Å². The van der Waals surface area contributed by atoms with E-state index in [4.69, 9.17) is 4.74 Å². The van der Waals surface area contributed by atoms with Gasteiger partial charge in [-0.25, -0.2) is 13.8 Å². The summed E-state index contributed by atoms with van der Waals surface area (Å²) in [5.74, 6) is -2.19. The number of thiazole rings is 1. The lowest BCUT2D eigenvalue weighted by molar-refractivity contribution is -0.0230. The number of ether oxygens (including phenoxy) is 1. The van der Waals surface area contributed by atoms with Crippen molar-refractivity contribution in [1.82, 2.24) is 20.2 Å². The first-order valence-electron chi connectivity index (χ1n) is 11.7. The first kappa shape index (κ1) is 24.0. The number of aromatic nitrogens is 2. The molecule has 1 amide bonds. The third-order valence-corrected chi connectivity index (χ3v) is 7.50. The molecule has 180 valence electrons. The number of hydrogen-bond donors (Lipinski definition) is 1. The molecule has 0 aromatic carbocycles. The predicted octanol–water partition coefficient (Wildman–Crippen LogP) is 4.62. The van der Waals surface area contributed by atoms with Crippen molar-refractivity contribution in [2.45, 2.75) is 70.9 Å². The Bertz CT molecular complexity index is 954. The van der Waals surface area contributed by atoms with Gasteiger partial charge in [0, 0.05) is 48.4 Å². The number of carbonyl (C=O) groups excluding carboxylic acids is 1. The molecule has 1 fully saturated rings. The van der Waals surface area contributed by atoms with Crippen molar-refractivity contribution in [3.8, 4) is 5.19 Å². The molecule has 0 radical (unpaired) electrons. The molecule has 9 heteroatoms. The lowest BCUT2D eigenvalue weighted by atomic mass is 9.84. The monoisotopic (exact) mass is 478 g/mol. The zero-order valence-electron chi connectivity index (χ0n) is 19.3. The number of hydrogen-bond acceptors (Lipinski definition) is 6. The lowest BCUT2D eigenvalue weighted by Gasteiger charge is -2.32. The third-order valence-electron chi connectivity index (χ3n) is 6.43. The highest BCUT2D eigenvalue weighted by molar-refractivity contribution is 7.13. The van der Waals surface area contributed by atoms with Gasteiger partial charge in [-0.05, 0) is 70.0 Å². The van der Waals surface area contributed by atoms with Gasteiger partial charge >= 0.3 is 0 Å². The van der Waals surface area contributed by atoms with Crippen LogP contribution in [0.2, 0.25) is 0 Å². The summed E-state index contributed by atoms with van der Waals surface area (Å²) in [5.41, 5.74) is 2.49. The highest BCUT2D eigenvalue weighted by atomic mass is 32.1. The molecule has 2 aromatic heterocycles. The predicted molar refractivity (Wildman–Crippen MR) is 124 cm³/mol. The van der Waals surface area contributed by atoms with E-state index in [2.05, 4.69) is 20.2 Å². The van der Waals surface area contributed by atoms with E-state index in [1.54, 1.807) is 12.3 Å². The van der Waals surface area contributed by atoms with E-state index in [0.29, 0.717) is 16.7 Å². The van der Waals surface area contributed by atoms with Crippen LogP contribution >= 0.6 is 11.3 Å². The van der Waals surface area contributed by atoms with Crippen LogP contribution in [0.15, 0.2) is 18.3 Å². The summed E-state index contributed by atoms with van der Waals surface area (Å²) >= 11 is 1.40. The Labute approximate surface area is 197 Å². The number of alkyl halides is 2. The average molecular weight is 479 g/mol. The maximum Gasteiger partial charge on any atom is 0.278 e. The summed E-state index contributed by atoms with van der Waals surface area (Å²) < 4.78 is 31.3. The van der Waals surface area contributed by atoms with Gasteiger partial charge in [-0.15, -0.1) is 0 Å². The molecule has 1 aliphatic carbocycles. The first-order valence-corrected chi connectivity index (χ1v) is 12.5. The van der Waals surface area contributed by atoms with E-state index < -0.39 is 12.5 Å². The fourth-order valence-electron chi connectivity index (χ4n) is 4.59. The second kappa shape index (κ2) is 10.4. The highest BCUT2D eigenvalue weighted by Crippen LogP contribution is 2.32. The molecule has 0 unspecified atom stereocenters. The summed E-state index contributed by atoms with van der Waals surface area (Å²) in [5, 5.41) is 3.53.